The molecule has 2 aromatic carbocycles. The lowest BCUT2D eigenvalue weighted by molar-refractivity contribution is 0.290. The molecule has 7 heteroatoms. The van der Waals surface area contributed by atoms with Crippen LogP contribution in [0.5, 0.6) is 5.75 Å². The van der Waals surface area contributed by atoms with Gasteiger partial charge in [-0.3, -0.25) is 0 Å². The molecular weight excluding hydrogens is 368 g/mol. The first-order valence-corrected chi connectivity index (χ1v) is 8.89. The molecule has 0 saturated heterocycles. The zero-order valence-corrected chi connectivity index (χ0v) is 16.4. The molecule has 0 aliphatic carbocycles. The predicted octanol–water partition coefficient (Wildman–Crippen LogP) is 4.98. The van der Waals surface area contributed by atoms with Gasteiger partial charge in [0.25, 0.3) is 0 Å². The number of benzene rings is 2. The van der Waals surface area contributed by atoms with Gasteiger partial charge in [0.1, 0.15) is 12.4 Å². The second-order valence-electron chi connectivity index (χ2n) is 6.04. The first-order chi connectivity index (χ1) is 12.4. The zero-order valence-electron chi connectivity index (χ0n) is 14.8. The number of hydrogen-bond donors (Lipinski definition) is 1. The highest BCUT2D eigenvalue weighted by molar-refractivity contribution is 7.71. The van der Waals surface area contributed by atoms with Gasteiger partial charge < -0.3 is 4.74 Å². The molecule has 0 fully saturated rings. The van der Waals surface area contributed by atoms with E-state index in [1.54, 1.807) is 35.2 Å². The lowest BCUT2D eigenvalue weighted by Gasteiger charge is -2.07. The van der Waals surface area contributed by atoms with Crippen molar-refractivity contribution in [3.05, 3.63) is 74.3 Å². The van der Waals surface area contributed by atoms with Crippen LogP contribution in [0.25, 0.3) is 0 Å². The number of nitrogens with zero attached hydrogens (tertiary/aromatic N) is 3. The lowest BCUT2D eigenvalue weighted by atomic mass is 10.0. The highest BCUT2D eigenvalue weighted by Gasteiger charge is 2.07. The van der Waals surface area contributed by atoms with Crippen molar-refractivity contribution in [3.8, 4) is 5.75 Å². The van der Waals surface area contributed by atoms with Crippen molar-refractivity contribution < 1.29 is 4.74 Å². The largest absolute Gasteiger partial charge is 0.486 e. The van der Waals surface area contributed by atoms with Crippen molar-refractivity contribution in [1.29, 1.82) is 0 Å². The van der Waals surface area contributed by atoms with Gasteiger partial charge in [-0.05, 0) is 85.6 Å². The van der Waals surface area contributed by atoms with Crippen molar-refractivity contribution in [2.24, 2.45) is 5.10 Å². The van der Waals surface area contributed by atoms with Gasteiger partial charge in [0.05, 0.1) is 6.21 Å². The smallest absolute Gasteiger partial charge is 0.216 e. The number of rotatable bonds is 5. The molecule has 0 aliphatic heterocycles. The Balaban J connectivity index is 1.81. The Labute approximate surface area is 162 Å². The van der Waals surface area contributed by atoms with Crippen LogP contribution in [0.2, 0.25) is 5.02 Å². The third-order valence-electron chi connectivity index (χ3n) is 4.09. The number of nitrogens with one attached hydrogen (secondary N) is 1. The molecule has 0 spiro atoms. The van der Waals surface area contributed by atoms with E-state index in [9.17, 15) is 0 Å². The van der Waals surface area contributed by atoms with Crippen molar-refractivity contribution in [3.63, 3.8) is 0 Å². The van der Waals surface area contributed by atoms with E-state index in [4.69, 9.17) is 28.6 Å². The van der Waals surface area contributed by atoms with E-state index in [-0.39, 0.29) is 6.61 Å². The first kappa shape index (κ1) is 18.4. The molecule has 0 aliphatic rings. The summed E-state index contributed by atoms with van der Waals surface area (Å²) in [6.45, 7) is 6.48. The van der Waals surface area contributed by atoms with Gasteiger partial charge in [0.2, 0.25) is 4.77 Å². The number of hydrogen-bond acceptors (Lipinski definition) is 4. The Morgan fingerprint density at radius 1 is 1.15 bits per heavy atom. The van der Waals surface area contributed by atoms with E-state index >= 15 is 0 Å². The molecule has 0 saturated carbocycles. The normalized spacial score (nSPS) is 11.2. The van der Waals surface area contributed by atoms with E-state index in [0.29, 0.717) is 21.4 Å². The van der Waals surface area contributed by atoms with Crippen LogP contribution in [0.15, 0.2) is 41.5 Å². The van der Waals surface area contributed by atoms with Crippen LogP contribution in [0, 0.1) is 25.5 Å². The fourth-order valence-corrected chi connectivity index (χ4v) is 2.78. The minimum Gasteiger partial charge on any atom is -0.486 e. The highest BCUT2D eigenvalue weighted by Crippen LogP contribution is 2.17. The molecule has 1 heterocycles. The minimum atomic E-state index is 0.234. The highest BCUT2D eigenvalue weighted by atomic mass is 35.5. The van der Waals surface area contributed by atoms with Crippen LogP contribution >= 0.6 is 23.8 Å². The summed E-state index contributed by atoms with van der Waals surface area (Å²) in [6.07, 6.45) is 1.79. The van der Waals surface area contributed by atoms with Crippen LogP contribution in [0.1, 0.15) is 28.1 Å². The van der Waals surface area contributed by atoms with Gasteiger partial charge >= 0.3 is 0 Å². The van der Waals surface area contributed by atoms with E-state index in [0.717, 1.165) is 11.1 Å². The zero-order chi connectivity index (χ0) is 18.7. The average Bonchev–Trinajstić information content (AvgIpc) is 2.96. The molecule has 0 unspecified atom stereocenters. The number of aromatic amines is 1. The monoisotopic (exact) mass is 386 g/mol. The van der Waals surface area contributed by atoms with Crippen molar-refractivity contribution in [2.75, 3.05) is 0 Å². The van der Waals surface area contributed by atoms with Crippen LogP contribution in [-0.2, 0) is 6.61 Å². The van der Waals surface area contributed by atoms with Crippen LogP contribution in [0.4, 0.5) is 0 Å². The first-order valence-electron chi connectivity index (χ1n) is 8.11. The Morgan fingerprint density at radius 2 is 1.85 bits per heavy atom. The number of aryl methyl sites for hydroxylation is 3. The summed E-state index contributed by atoms with van der Waals surface area (Å²) in [4.78, 5) is 0. The molecule has 0 radical (unpaired) electrons. The second-order valence-corrected chi connectivity index (χ2v) is 6.86. The van der Waals surface area contributed by atoms with Crippen LogP contribution in [0.3, 0.4) is 0 Å². The quantitative estimate of drug-likeness (QED) is 0.497. The average molecular weight is 387 g/mol. The van der Waals surface area contributed by atoms with Gasteiger partial charge in [0, 0.05) is 5.02 Å². The van der Waals surface area contributed by atoms with E-state index in [1.165, 1.54) is 11.1 Å². The van der Waals surface area contributed by atoms with Gasteiger partial charge in [-0.15, -0.1) is 0 Å². The third kappa shape index (κ3) is 4.20. The minimum absolute atomic E-state index is 0.234. The Hall–Kier alpha value is -2.44. The van der Waals surface area contributed by atoms with Crippen molar-refractivity contribution >= 4 is 30.0 Å². The maximum absolute atomic E-state index is 5.88. The summed E-state index contributed by atoms with van der Waals surface area (Å²) in [5.41, 5.74) is 4.68. The third-order valence-corrected chi connectivity index (χ3v) is 4.61. The molecule has 26 heavy (non-hydrogen) atoms. The summed E-state index contributed by atoms with van der Waals surface area (Å²) >= 11 is 11.2. The molecule has 0 amide bonds. The molecule has 0 atom stereocenters. The summed E-state index contributed by atoms with van der Waals surface area (Å²) in [7, 11) is 0. The van der Waals surface area contributed by atoms with Gasteiger partial charge in [0.15, 0.2) is 5.82 Å². The summed E-state index contributed by atoms with van der Waals surface area (Å²) < 4.78 is 7.71. The Morgan fingerprint density at radius 3 is 2.58 bits per heavy atom. The van der Waals surface area contributed by atoms with E-state index in [1.807, 2.05) is 0 Å². The van der Waals surface area contributed by atoms with E-state index in [2.05, 4.69) is 48.2 Å². The second kappa shape index (κ2) is 7.85. The number of halogens is 1. The summed E-state index contributed by atoms with van der Waals surface area (Å²) in [5, 5.41) is 12.1. The standard InChI is InChI=1S/C19H19ClN4OS/c1-12-8-14(3)15(9-13(12)2)10-21-24-18(22-23-19(24)26)11-25-17-6-4-16(20)5-7-17/h4-10H,11H2,1-3H3,(H,23,26)/b21-10-. The van der Waals surface area contributed by atoms with Gasteiger partial charge in [-0.25, -0.2) is 5.10 Å². The Kier molecular flexibility index (Phi) is 5.54. The number of H-pyrrole nitrogens is 1. The van der Waals surface area contributed by atoms with Gasteiger partial charge in [-0.2, -0.15) is 14.9 Å². The molecule has 1 aromatic heterocycles. The topological polar surface area (TPSA) is 55.2 Å². The molecule has 3 aromatic rings. The predicted molar refractivity (Wildman–Crippen MR) is 107 cm³/mol. The maximum atomic E-state index is 5.88. The summed E-state index contributed by atoms with van der Waals surface area (Å²) in [5.74, 6) is 1.28. The molecule has 5 nitrogen and oxygen atoms in total. The van der Waals surface area contributed by atoms with E-state index < -0.39 is 0 Å². The van der Waals surface area contributed by atoms with Crippen LogP contribution < -0.4 is 4.74 Å². The molecule has 0 bridgehead atoms. The Bertz CT molecular complexity index is 1010. The van der Waals surface area contributed by atoms with Crippen molar-refractivity contribution in [2.45, 2.75) is 27.4 Å². The number of aromatic nitrogens is 3. The molecule has 134 valence electrons. The maximum Gasteiger partial charge on any atom is 0.216 e. The lowest BCUT2D eigenvalue weighted by Crippen LogP contribution is -2.04. The number of ether oxygens (including phenoxy) is 1. The summed E-state index contributed by atoms with van der Waals surface area (Å²) in [6, 6.07) is 11.4. The fraction of sp³-hybridized carbons (Fsp3) is 0.211. The molecule has 3 rings (SSSR count). The molecule has 1 N–H and O–H groups in total. The van der Waals surface area contributed by atoms with Crippen molar-refractivity contribution in [1.82, 2.24) is 14.9 Å². The van der Waals surface area contributed by atoms with Gasteiger partial charge in [-0.1, -0.05) is 17.7 Å². The fourth-order valence-electron chi connectivity index (χ4n) is 2.46. The molecular formula is C19H19ClN4OS. The van der Waals surface area contributed by atoms with Crippen LogP contribution in [-0.4, -0.2) is 21.1 Å². The SMILES string of the molecule is Cc1cc(C)c(/C=N\n2c(COc3ccc(Cl)cc3)n[nH]c2=S)cc1C.